The normalized spacial score (nSPS) is 20.7. The molecule has 0 aromatic carbocycles. The number of hydrogen-bond acceptors (Lipinski definition) is 4. The van der Waals surface area contributed by atoms with Gasteiger partial charge in [-0.3, -0.25) is 4.99 Å². The molecule has 3 nitrogen and oxygen atoms in total. The Kier molecular flexibility index (Phi) is 3.36. The third kappa shape index (κ3) is 2.78. The first-order chi connectivity index (χ1) is 7.25. The summed E-state index contributed by atoms with van der Waals surface area (Å²) in [7, 11) is 0. The Balaban J connectivity index is 1.78. The SMILES string of the molecule is CC(C)C1CN=C(NCc2ccoc2)S1. The molecule has 2 heterocycles. The van der Waals surface area contributed by atoms with Gasteiger partial charge in [-0.2, -0.15) is 0 Å². The van der Waals surface area contributed by atoms with Crippen molar-refractivity contribution in [2.45, 2.75) is 25.6 Å². The van der Waals surface area contributed by atoms with Crippen molar-refractivity contribution < 1.29 is 4.42 Å². The largest absolute Gasteiger partial charge is 0.472 e. The summed E-state index contributed by atoms with van der Waals surface area (Å²) in [5, 5.41) is 5.02. The third-order valence-corrected chi connectivity index (χ3v) is 3.94. The Hall–Kier alpha value is -0.900. The van der Waals surface area contributed by atoms with Crippen molar-refractivity contribution in [2.24, 2.45) is 10.9 Å². The van der Waals surface area contributed by atoms with Crippen LogP contribution in [0.5, 0.6) is 0 Å². The van der Waals surface area contributed by atoms with E-state index in [1.165, 1.54) is 0 Å². The molecule has 1 N–H and O–H groups in total. The number of nitrogens with one attached hydrogen (secondary N) is 1. The number of nitrogens with zero attached hydrogens (tertiary/aromatic N) is 1. The number of rotatable bonds is 3. The fourth-order valence-corrected chi connectivity index (χ4v) is 2.42. The van der Waals surface area contributed by atoms with Gasteiger partial charge in [0.2, 0.25) is 0 Å². The minimum atomic E-state index is 0.636. The van der Waals surface area contributed by atoms with Crippen LogP contribution in [0.3, 0.4) is 0 Å². The Labute approximate surface area is 94.3 Å². The van der Waals surface area contributed by atoms with Crippen molar-refractivity contribution in [3.05, 3.63) is 24.2 Å². The van der Waals surface area contributed by atoms with Crippen LogP contribution in [0.15, 0.2) is 28.0 Å². The Morgan fingerprint density at radius 1 is 1.67 bits per heavy atom. The number of furan rings is 1. The molecule has 4 heteroatoms. The van der Waals surface area contributed by atoms with E-state index in [2.05, 4.69) is 24.2 Å². The lowest BCUT2D eigenvalue weighted by atomic mass is 10.1. The molecule has 1 unspecified atom stereocenters. The lowest BCUT2D eigenvalue weighted by Gasteiger charge is -2.11. The van der Waals surface area contributed by atoms with Crippen LogP contribution in [0.4, 0.5) is 0 Å². The van der Waals surface area contributed by atoms with Crippen molar-refractivity contribution >= 4 is 16.9 Å². The topological polar surface area (TPSA) is 37.5 Å². The Morgan fingerprint density at radius 2 is 2.53 bits per heavy atom. The van der Waals surface area contributed by atoms with Gasteiger partial charge in [0.1, 0.15) is 0 Å². The van der Waals surface area contributed by atoms with Gasteiger partial charge in [0, 0.05) is 17.4 Å². The molecule has 0 saturated heterocycles. The van der Waals surface area contributed by atoms with E-state index in [-0.39, 0.29) is 0 Å². The van der Waals surface area contributed by atoms with Crippen molar-refractivity contribution in [3.8, 4) is 0 Å². The number of aliphatic imine (C=N–C) groups is 1. The minimum Gasteiger partial charge on any atom is -0.472 e. The molecule has 0 fully saturated rings. The predicted molar refractivity (Wildman–Crippen MR) is 64.1 cm³/mol. The van der Waals surface area contributed by atoms with Crippen LogP contribution in [0.1, 0.15) is 19.4 Å². The summed E-state index contributed by atoms with van der Waals surface area (Å²) in [6.07, 6.45) is 3.45. The van der Waals surface area contributed by atoms with Gasteiger partial charge in [0.05, 0.1) is 19.1 Å². The molecule has 0 radical (unpaired) electrons. The zero-order chi connectivity index (χ0) is 10.7. The van der Waals surface area contributed by atoms with E-state index in [9.17, 15) is 0 Å². The molecule has 1 aromatic heterocycles. The van der Waals surface area contributed by atoms with Crippen molar-refractivity contribution in [1.29, 1.82) is 0 Å². The molecule has 0 spiro atoms. The van der Waals surface area contributed by atoms with Crippen LogP contribution >= 0.6 is 11.8 Å². The molecule has 0 aliphatic carbocycles. The van der Waals surface area contributed by atoms with Gasteiger partial charge in [0.25, 0.3) is 0 Å². The van der Waals surface area contributed by atoms with E-state index in [4.69, 9.17) is 4.42 Å². The van der Waals surface area contributed by atoms with E-state index in [0.29, 0.717) is 11.2 Å². The van der Waals surface area contributed by atoms with Gasteiger partial charge in [0.15, 0.2) is 5.17 Å². The smallest absolute Gasteiger partial charge is 0.157 e. The first kappa shape index (κ1) is 10.6. The van der Waals surface area contributed by atoms with Gasteiger partial charge in [-0.05, 0) is 12.0 Å². The standard InChI is InChI=1S/C11H16N2OS/c1-8(2)10-6-13-11(15-10)12-5-9-3-4-14-7-9/h3-4,7-8,10H,5-6H2,1-2H3,(H,12,13). The van der Waals surface area contributed by atoms with Crippen LogP contribution in [0, 0.1) is 5.92 Å². The highest BCUT2D eigenvalue weighted by Crippen LogP contribution is 2.25. The molecule has 1 atom stereocenters. The molecular weight excluding hydrogens is 208 g/mol. The maximum absolute atomic E-state index is 5.00. The second kappa shape index (κ2) is 4.75. The summed E-state index contributed by atoms with van der Waals surface area (Å²) in [4.78, 5) is 4.48. The lowest BCUT2D eigenvalue weighted by Crippen LogP contribution is -2.19. The van der Waals surface area contributed by atoms with Crippen LogP contribution < -0.4 is 5.32 Å². The summed E-state index contributed by atoms with van der Waals surface area (Å²) in [6, 6.07) is 1.97. The number of amidine groups is 1. The van der Waals surface area contributed by atoms with Crippen LogP contribution in [0.2, 0.25) is 0 Å². The molecule has 15 heavy (non-hydrogen) atoms. The summed E-state index contributed by atoms with van der Waals surface area (Å²) < 4.78 is 5.00. The maximum atomic E-state index is 5.00. The fourth-order valence-electron chi connectivity index (χ4n) is 1.41. The summed E-state index contributed by atoms with van der Waals surface area (Å²) in [5.74, 6) is 0.687. The molecule has 0 saturated carbocycles. The van der Waals surface area contributed by atoms with E-state index < -0.39 is 0 Å². The zero-order valence-corrected chi connectivity index (χ0v) is 9.88. The third-order valence-electron chi connectivity index (χ3n) is 2.45. The quantitative estimate of drug-likeness (QED) is 0.857. The van der Waals surface area contributed by atoms with Crippen LogP contribution in [-0.4, -0.2) is 17.0 Å². The molecule has 0 amide bonds. The molecule has 82 valence electrons. The van der Waals surface area contributed by atoms with E-state index >= 15 is 0 Å². The average Bonchev–Trinajstić information content (AvgIpc) is 2.86. The molecular formula is C11H16N2OS. The Bertz CT molecular complexity index is 332. The van der Waals surface area contributed by atoms with Crippen molar-refractivity contribution in [3.63, 3.8) is 0 Å². The highest BCUT2D eigenvalue weighted by molar-refractivity contribution is 8.14. The first-order valence-corrected chi connectivity index (χ1v) is 6.09. The van der Waals surface area contributed by atoms with Crippen molar-refractivity contribution in [1.82, 2.24) is 5.32 Å². The molecule has 1 aliphatic heterocycles. The zero-order valence-electron chi connectivity index (χ0n) is 9.06. The van der Waals surface area contributed by atoms with Crippen molar-refractivity contribution in [2.75, 3.05) is 6.54 Å². The lowest BCUT2D eigenvalue weighted by molar-refractivity contribution is 0.563. The van der Waals surface area contributed by atoms with Crippen LogP contribution in [0.25, 0.3) is 0 Å². The van der Waals surface area contributed by atoms with Gasteiger partial charge in [-0.25, -0.2) is 0 Å². The number of thioether (sulfide) groups is 1. The predicted octanol–water partition coefficient (Wildman–Crippen LogP) is 2.50. The first-order valence-electron chi connectivity index (χ1n) is 5.22. The highest BCUT2D eigenvalue weighted by Gasteiger charge is 2.21. The second-order valence-corrected chi connectivity index (χ2v) is 5.26. The maximum Gasteiger partial charge on any atom is 0.157 e. The molecule has 0 bridgehead atoms. The van der Waals surface area contributed by atoms with Gasteiger partial charge in [-0.15, -0.1) is 0 Å². The van der Waals surface area contributed by atoms with Gasteiger partial charge in [-0.1, -0.05) is 25.6 Å². The van der Waals surface area contributed by atoms with E-state index in [1.807, 2.05) is 17.8 Å². The molecule has 2 rings (SSSR count). The minimum absolute atomic E-state index is 0.636. The Morgan fingerprint density at radius 3 is 3.13 bits per heavy atom. The molecule has 1 aromatic rings. The van der Waals surface area contributed by atoms with Gasteiger partial charge < -0.3 is 9.73 Å². The number of hydrogen-bond donors (Lipinski definition) is 1. The van der Waals surface area contributed by atoms with E-state index in [1.54, 1.807) is 12.5 Å². The molecule has 1 aliphatic rings. The van der Waals surface area contributed by atoms with E-state index in [0.717, 1.165) is 23.8 Å². The second-order valence-electron chi connectivity index (χ2n) is 4.03. The summed E-state index contributed by atoms with van der Waals surface area (Å²) in [6.45, 7) is 6.22. The monoisotopic (exact) mass is 224 g/mol. The highest BCUT2D eigenvalue weighted by atomic mass is 32.2. The van der Waals surface area contributed by atoms with Crippen LogP contribution in [-0.2, 0) is 6.54 Å². The summed E-state index contributed by atoms with van der Waals surface area (Å²) in [5.41, 5.74) is 1.16. The summed E-state index contributed by atoms with van der Waals surface area (Å²) >= 11 is 1.85. The fraction of sp³-hybridized carbons (Fsp3) is 0.545. The van der Waals surface area contributed by atoms with Gasteiger partial charge >= 0.3 is 0 Å². The average molecular weight is 224 g/mol.